The third-order valence-electron chi connectivity index (χ3n) is 5.37. The predicted octanol–water partition coefficient (Wildman–Crippen LogP) is 6.83. The summed E-state index contributed by atoms with van der Waals surface area (Å²) < 4.78 is 51.6. The molecule has 7 nitrogen and oxygen atoms in total. The monoisotopic (exact) mass is 554 g/mol. The fourth-order valence-electron chi connectivity index (χ4n) is 3.34. The van der Waals surface area contributed by atoms with Crippen molar-refractivity contribution < 1.29 is 32.0 Å². The summed E-state index contributed by atoms with van der Waals surface area (Å²) in [6.07, 6.45) is 3.35. The largest absolute Gasteiger partial charge is 0.351 e. The van der Waals surface area contributed by atoms with Crippen molar-refractivity contribution in [2.24, 2.45) is 5.92 Å². The number of benzene rings is 2. The number of hydroxylamine groups is 1. The third-order valence-corrected chi connectivity index (χ3v) is 7.85. The Hall–Kier alpha value is -2.47. The highest BCUT2D eigenvalue weighted by atomic mass is 35.5. The van der Waals surface area contributed by atoms with Crippen molar-refractivity contribution in [2.75, 3.05) is 31.3 Å². The van der Waals surface area contributed by atoms with Crippen molar-refractivity contribution >= 4 is 36.5 Å². The van der Waals surface area contributed by atoms with Crippen LogP contribution in [0, 0.1) is 29.4 Å². The van der Waals surface area contributed by atoms with Crippen molar-refractivity contribution in [3.05, 3.63) is 58.1 Å². The van der Waals surface area contributed by atoms with E-state index in [4.69, 9.17) is 25.5 Å². The van der Waals surface area contributed by atoms with Crippen molar-refractivity contribution in [2.45, 2.75) is 39.5 Å². The van der Waals surface area contributed by atoms with Gasteiger partial charge in [-0.2, -0.15) is 0 Å². The first-order chi connectivity index (χ1) is 17.8. The minimum atomic E-state index is -3.10. The molecule has 0 saturated heterocycles. The standard InChI is InChI=1S/C26H30ClF2N2O5P/c1-3-35-37(33,36-4-2)15-7-5-6-8-18-11-14-23(21(27)16-18)30-25-20(12-13-22(28)24(25)29)26(32)31-34-17-19-9-10-19/h11-14,16,19,30H,3-5,7,9-10,15,17H2,1-2H3,(H,31,32). The van der Waals surface area contributed by atoms with E-state index in [0.717, 1.165) is 18.9 Å². The molecule has 3 rings (SSSR count). The molecule has 1 amide bonds. The van der Waals surface area contributed by atoms with Crippen LogP contribution in [-0.4, -0.2) is 31.9 Å². The molecular weight excluding hydrogens is 525 g/mol. The van der Waals surface area contributed by atoms with Crippen LogP contribution >= 0.6 is 19.2 Å². The molecule has 0 aliphatic heterocycles. The van der Waals surface area contributed by atoms with E-state index < -0.39 is 25.1 Å². The molecule has 1 aliphatic carbocycles. The zero-order valence-corrected chi connectivity index (χ0v) is 22.4. The molecule has 0 radical (unpaired) electrons. The van der Waals surface area contributed by atoms with Crippen molar-refractivity contribution in [1.82, 2.24) is 5.48 Å². The van der Waals surface area contributed by atoms with Gasteiger partial charge in [-0.15, -0.1) is 0 Å². The first kappa shape index (κ1) is 29.1. The molecule has 0 atom stereocenters. The molecule has 0 bridgehead atoms. The molecule has 37 heavy (non-hydrogen) atoms. The van der Waals surface area contributed by atoms with Crippen molar-refractivity contribution in [3.63, 3.8) is 0 Å². The average Bonchev–Trinajstić information content (AvgIpc) is 3.68. The van der Waals surface area contributed by atoms with Crippen LogP contribution in [0.4, 0.5) is 20.2 Å². The third kappa shape index (κ3) is 8.80. The van der Waals surface area contributed by atoms with Gasteiger partial charge in [0.15, 0.2) is 11.6 Å². The fourth-order valence-corrected chi connectivity index (χ4v) is 5.23. The Morgan fingerprint density at radius 2 is 1.89 bits per heavy atom. The van der Waals surface area contributed by atoms with Crippen LogP contribution in [0.3, 0.4) is 0 Å². The summed E-state index contributed by atoms with van der Waals surface area (Å²) in [5.41, 5.74) is 2.64. The van der Waals surface area contributed by atoms with Crippen LogP contribution in [0.1, 0.15) is 55.5 Å². The molecule has 11 heteroatoms. The van der Waals surface area contributed by atoms with Gasteiger partial charge < -0.3 is 14.4 Å². The van der Waals surface area contributed by atoms with Crippen LogP contribution in [0.5, 0.6) is 0 Å². The molecule has 1 saturated carbocycles. The number of hydrogen-bond donors (Lipinski definition) is 2. The lowest BCUT2D eigenvalue weighted by Crippen LogP contribution is -2.26. The number of carbonyl (C=O) groups excluding carboxylic acids is 1. The summed E-state index contributed by atoms with van der Waals surface area (Å²) in [6.45, 7) is 4.50. The second-order valence-electron chi connectivity index (χ2n) is 8.36. The molecule has 2 N–H and O–H groups in total. The summed E-state index contributed by atoms with van der Waals surface area (Å²) in [6, 6.07) is 6.82. The Labute approximate surface area is 220 Å². The molecule has 0 heterocycles. The Morgan fingerprint density at radius 3 is 2.54 bits per heavy atom. The van der Waals surface area contributed by atoms with E-state index in [0.29, 0.717) is 44.1 Å². The minimum Gasteiger partial charge on any atom is -0.351 e. The molecule has 0 spiro atoms. The van der Waals surface area contributed by atoms with E-state index >= 15 is 0 Å². The zero-order chi connectivity index (χ0) is 26.8. The number of halogens is 3. The Morgan fingerprint density at radius 1 is 1.16 bits per heavy atom. The van der Waals surface area contributed by atoms with Crippen molar-refractivity contribution in [3.8, 4) is 11.8 Å². The lowest BCUT2D eigenvalue weighted by Gasteiger charge is -2.15. The van der Waals surface area contributed by atoms with E-state index in [1.165, 1.54) is 6.07 Å². The minimum absolute atomic E-state index is 0.133. The van der Waals surface area contributed by atoms with E-state index in [1.54, 1.807) is 32.0 Å². The average molecular weight is 555 g/mol. The highest BCUT2D eigenvalue weighted by Gasteiger charge is 2.24. The van der Waals surface area contributed by atoms with E-state index in [1.807, 2.05) is 0 Å². The van der Waals surface area contributed by atoms with Gasteiger partial charge in [0, 0.05) is 12.0 Å². The SMILES string of the molecule is CCOP(=O)(CCCC#Cc1ccc(Nc2c(C(=O)NOCC3CC3)ccc(F)c2F)c(Cl)c1)OCC. The van der Waals surface area contributed by atoms with Crippen LogP contribution in [-0.2, 0) is 18.5 Å². The molecule has 2 aromatic carbocycles. The Kier molecular flexibility index (Phi) is 10.9. The first-order valence-corrected chi connectivity index (χ1v) is 14.2. The lowest BCUT2D eigenvalue weighted by atomic mass is 10.1. The molecule has 0 unspecified atom stereocenters. The summed E-state index contributed by atoms with van der Waals surface area (Å²) in [5, 5.41) is 2.91. The smallest absolute Gasteiger partial charge is 0.330 e. The van der Waals surface area contributed by atoms with Gasteiger partial charge in [-0.25, -0.2) is 14.3 Å². The summed E-state index contributed by atoms with van der Waals surface area (Å²) in [4.78, 5) is 17.7. The number of carbonyl (C=O) groups is 1. The number of nitrogens with one attached hydrogen (secondary N) is 2. The number of anilines is 2. The summed E-state index contributed by atoms with van der Waals surface area (Å²) in [5.74, 6) is 3.33. The maximum atomic E-state index is 14.6. The molecule has 1 aliphatic rings. The predicted molar refractivity (Wildman–Crippen MR) is 139 cm³/mol. The van der Waals surface area contributed by atoms with E-state index in [-0.39, 0.29) is 28.1 Å². The highest BCUT2D eigenvalue weighted by molar-refractivity contribution is 7.53. The van der Waals surface area contributed by atoms with Gasteiger partial charge in [0.05, 0.1) is 47.9 Å². The number of rotatable bonds is 13. The van der Waals surface area contributed by atoms with Crippen LogP contribution in [0.2, 0.25) is 5.02 Å². The van der Waals surface area contributed by atoms with Crippen LogP contribution in [0.15, 0.2) is 30.3 Å². The van der Waals surface area contributed by atoms with Gasteiger partial charge in [-0.1, -0.05) is 23.4 Å². The second kappa shape index (κ2) is 13.9. The summed E-state index contributed by atoms with van der Waals surface area (Å²) in [7, 11) is -3.10. The highest BCUT2D eigenvalue weighted by Crippen LogP contribution is 2.48. The van der Waals surface area contributed by atoms with Gasteiger partial charge in [0.1, 0.15) is 0 Å². The topological polar surface area (TPSA) is 85.9 Å². The van der Waals surface area contributed by atoms with Gasteiger partial charge in [-0.05, 0) is 69.4 Å². The fraction of sp³-hybridized carbons (Fsp3) is 0.423. The second-order valence-corrected chi connectivity index (χ2v) is 11.0. The van der Waals surface area contributed by atoms with Crippen LogP contribution < -0.4 is 10.8 Å². The number of hydrogen-bond acceptors (Lipinski definition) is 6. The first-order valence-electron chi connectivity index (χ1n) is 12.1. The zero-order valence-electron chi connectivity index (χ0n) is 20.7. The Bertz CT molecular complexity index is 1200. The number of unbranched alkanes of at least 4 members (excludes halogenated alkanes) is 1. The van der Waals surface area contributed by atoms with Crippen LogP contribution in [0.25, 0.3) is 0 Å². The quantitative estimate of drug-likeness (QED) is 0.122. The van der Waals surface area contributed by atoms with Gasteiger partial charge >= 0.3 is 7.60 Å². The number of amides is 1. The molecule has 1 fully saturated rings. The van der Waals surface area contributed by atoms with E-state index in [2.05, 4.69) is 22.6 Å². The molecule has 200 valence electrons. The normalized spacial score (nSPS) is 13.1. The summed E-state index contributed by atoms with van der Waals surface area (Å²) >= 11 is 6.36. The molecule has 0 aromatic heterocycles. The van der Waals surface area contributed by atoms with Gasteiger partial charge in [0.2, 0.25) is 0 Å². The van der Waals surface area contributed by atoms with Crippen molar-refractivity contribution in [1.29, 1.82) is 0 Å². The lowest BCUT2D eigenvalue weighted by molar-refractivity contribution is 0.0270. The van der Waals surface area contributed by atoms with Gasteiger partial charge in [-0.3, -0.25) is 14.2 Å². The molecule has 2 aromatic rings. The van der Waals surface area contributed by atoms with E-state index in [9.17, 15) is 18.1 Å². The Balaban J connectivity index is 1.65. The maximum Gasteiger partial charge on any atom is 0.330 e. The maximum absolute atomic E-state index is 14.6. The molecular formula is C26H30ClF2N2O5P. The van der Waals surface area contributed by atoms with Gasteiger partial charge in [0.25, 0.3) is 5.91 Å².